The highest BCUT2D eigenvalue weighted by Crippen LogP contribution is 2.24. The number of hydrogen-bond acceptors (Lipinski definition) is 3. The molecule has 0 aromatic heterocycles. The second-order valence-electron chi connectivity index (χ2n) is 4.44. The lowest BCUT2D eigenvalue weighted by atomic mass is 10.1. The van der Waals surface area contributed by atoms with Crippen LogP contribution in [0.5, 0.6) is 0 Å². The van der Waals surface area contributed by atoms with Gasteiger partial charge in [-0.25, -0.2) is 0 Å². The lowest BCUT2D eigenvalue weighted by molar-refractivity contribution is 0.379. The predicted octanol–water partition coefficient (Wildman–Crippen LogP) is 1.81. The first kappa shape index (κ1) is 12.3. The number of hydrogen-bond donors (Lipinski definition) is 1. The fourth-order valence-electron chi connectivity index (χ4n) is 1.87. The minimum absolute atomic E-state index is 0.760. The molecule has 0 amide bonds. The zero-order chi connectivity index (χ0) is 10.4. The average Bonchev–Trinajstić information content (AvgIpc) is 2.15. The molecule has 0 aromatic rings. The summed E-state index contributed by atoms with van der Waals surface area (Å²) in [5, 5.41) is 4.49. The van der Waals surface area contributed by atoms with E-state index in [9.17, 15) is 0 Å². The Kier molecular flexibility index (Phi) is 5.90. The second-order valence-corrected chi connectivity index (χ2v) is 5.92. The van der Waals surface area contributed by atoms with E-state index in [0.29, 0.717) is 0 Å². The molecule has 1 N–H and O–H groups in total. The summed E-state index contributed by atoms with van der Waals surface area (Å²) >= 11 is 2.12. The Labute approximate surface area is 92.8 Å². The molecule has 3 heteroatoms. The van der Waals surface area contributed by atoms with E-state index < -0.39 is 0 Å². The van der Waals surface area contributed by atoms with Gasteiger partial charge in [0.1, 0.15) is 0 Å². The summed E-state index contributed by atoms with van der Waals surface area (Å²) in [7, 11) is 4.28. The molecule has 0 radical (unpaired) electrons. The van der Waals surface area contributed by atoms with Crippen LogP contribution in [0.2, 0.25) is 0 Å². The molecule has 0 bridgehead atoms. The predicted molar refractivity (Wildman–Crippen MR) is 66.1 cm³/mol. The SMILES string of the molecule is CC1SCCCC1NCCCN(C)C. The molecule has 2 atom stereocenters. The van der Waals surface area contributed by atoms with Crippen molar-refractivity contribution in [1.29, 1.82) is 0 Å². The maximum atomic E-state index is 3.68. The maximum absolute atomic E-state index is 3.68. The first-order chi connectivity index (χ1) is 6.70. The average molecular weight is 216 g/mol. The van der Waals surface area contributed by atoms with Gasteiger partial charge in [-0.2, -0.15) is 11.8 Å². The first-order valence-corrected chi connectivity index (χ1v) is 6.74. The van der Waals surface area contributed by atoms with Gasteiger partial charge in [0, 0.05) is 11.3 Å². The minimum atomic E-state index is 0.760. The summed E-state index contributed by atoms with van der Waals surface area (Å²) in [6, 6.07) is 0.760. The summed E-state index contributed by atoms with van der Waals surface area (Å²) in [6.45, 7) is 4.72. The van der Waals surface area contributed by atoms with E-state index in [1.54, 1.807) is 0 Å². The molecule has 84 valence electrons. The highest BCUT2D eigenvalue weighted by molar-refractivity contribution is 7.99. The quantitative estimate of drug-likeness (QED) is 0.706. The molecule has 1 fully saturated rings. The monoisotopic (exact) mass is 216 g/mol. The molecule has 0 spiro atoms. The largest absolute Gasteiger partial charge is 0.313 e. The van der Waals surface area contributed by atoms with Gasteiger partial charge >= 0.3 is 0 Å². The Morgan fingerprint density at radius 3 is 2.86 bits per heavy atom. The van der Waals surface area contributed by atoms with Crippen molar-refractivity contribution in [3.05, 3.63) is 0 Å². The summed E-state index contributed by atoms with van der Waals surface area (Å²) in [6.07, 6.45) is 4.03. The number of rotatable bonds is 5. The zero-order valence-corrected chi connectivity index (χ0v) is 10.6. The second kappa shape index (κ2) is 6.70. The van der Waals surface area contributed by atoms with Crippen LogP contribution in [0.15, 0.2) is 0 Å². The lowest BCUT2D eigenvalue weighted by Gasteiger charge is -2.29. The molecule has 2 unspecified atom stereocenters. The topological polar surface area (TPSA) is 15.3 Å². The standard InChI is InChI=1S/C11H24N2S/c1-10-11(6-4-9-14-10)12-7-5-8-13(2)3/h10-12H,4-9H2,1-3H3. The van der Waals surface area contributed by atoms with Crippen molar-refractivity contribution in [2.75, 3.05) is 32.9 Å². The summed E-state index contributed by atoms with van der Waals surface area (Å²) < 4.78 is 0. The van der Waals surface area contributed by atoms with Crippen LogP contribution in [-0.4, -0.2) is 49.1 Å². The third-order valence-corrected chi connectivity index (χ3v) is 4.17. The van der Waals surface area contributed by atoms with Crippen LogP contribution < -0.4 is 5.32 Å². The smallest absolute Gasteiger partial charge is 0.0184 e. The van der Waals surface area contributed by atoms with E-state index in [-0.39, 0.29) is 0 Å². The van der Waals surface area contributed by atoms with Crippen LogP contribution in [0.4, 0.5) is 0 Å². The Bertz CT molecular complexity index is 150. The Hall–Kier alpha value is 0.270. The Balaban J connectivity index is 2.04. The van der Waals surface area contributed by atoms with Gasteiger partial charge in [0.25, 0.3) is 0 Å². The fourth-order valence-corrected chi connectivity index (χ4v) is 3.04. The van der Waals surface area contributed by atoms with Crippen LogP contribution in [0.25, 0.3) is 0 Å². The summed E-state index contributed by atoms with van der Waals surface area (Å²) in [4.78, 5) is 2.25. The van der Waals surface area contributed by atoms with Crippen LogP contribution in [-0.2, 0) is 0 Å². The van der Waals surface area contributed by atoms with E-state index in [1.165, 1.54) is 38.1 Å². The van der Waals surface area contributed by atoms with Crippen LogP contribution in [0, 0.1) is 0 Å². The van der Waals surface area contributed by atoms with Gasteiger partial charge < -0.3 is 10.2 Å². The van der Waals surface area contributed by atoms with Crippen molar-refractivity contribution in [3.8, 4) is 0 Å². The Morgan fingerprint density at radius 1 is 1.43 bits per heavy atom. The lowest BCUT2D eigenvalue weighted by Crippen LogP contribution is -2.40. The van der Waals surface area contributed by atoms with E-state index in [0.717, 1.165) is 11.3 Å². The normalized spacial score (nSPS) is 28.3. The third kappa shape index (κ3) is 4.67. The van der Waals surface area contributed by atoms with E-state index in [1.807, 2.05) is 0 Å². The van der Waals surface area contributed by atoms with Crippen LogP contribution in [0.3, 0.4) is 0 Å². The molecule has 1 rings (SSSR count). The fraction of sp³-hybridized carbons (Fsp3) is 1.00. The highest BCUT2D eigenvalue weighted by Gasteiger charge is 2.20. The molecule has 2 nitrogen and oxygen atoms in total. The maximum Gasteiger partial charge on any atom is 0.0184 e. The van der Waals surface area contributed by atoms with E-state index in [2.05, 4.69) is 43.0 Å². The Morgan fingerprint density at radius 2 is 2.21 bits per heavy atom. The van der Waals surface area contributed by atoms with Crippen LogP contribution >= 0.6 is 11.8 Å². The summed E-state index contributed by atoms with van der Waals surface area (Å²) in [5.41, 5.74) is 0. The van der Waals surface area contributed by atoms with Gasteiger partial charge in [0.15, 0.2) is 0 Å². The van der Waals surface area contributed by atoms with Crippen molar-refractivity contribution in [3.63, 3.8) is 0 Å². The number of nitrogens with one attached hydrogen (secondary N) is 1. The number of thioether (sulfide) groups is 1. The van der Waals surface area contributed by atoms with Crippen molar-refractivity contribution in [2.45, 2.75) is 37.5 Å². The molecule has 0 aliphatic carbocycles. The van der Waals surface area contributed by atoms with Crippen molar-refractivity contribution < 1.29 is 0 Å². The minimum Gasteiger partial charge on any atom is -0.313 e. The van der Waals surface area contributed by atoms with Gasteiger partial charge in [0.05, 0.1) is 0 Å². The van der Waals surface area contributed by atoms with Gasteiger partial charge in [-0.3, -0.25) is 0 Å². The molecule has 1 heterocycles. The third-order valence-electron chi connectivity index (χ3n) is 2.80. The van der Waals surface area contributed by atoms with E-state index in [4.69, 9.17) is 0 Å². The molecule has 0 aromatic carbocycles. The van der Waals surface area contributed by atoms with Gasteiger partial charge in [0.2, 0.25) is 0 Å². The number of nitrogens with zero attached hydrogens (tertiary/aromatic N) is 1. The molecule has 14 heavy (non-hydrogen) atoms. The highest BCUT2D eigenvalue weighted by atomic mass is 32.2. The van der Waals surface area contributed by atoms with Crippen molar-refractivity contribution in [1.82, 2.24) is 10.2 Å². The van der Waals surface area contributed by atoms with Gasteiger partial charge in [-0.15, -0.1) is 0 Å². The molecule has 1 aliphatic rings. The molecule has 0 saturated carbocycles. The van der Waals surface area contributed by atoms with Crippen molar-refractivity contribution in [2.24, 2.45) is 0 Å². The molecular weight excluding hydrogens is 192 g/mol. The molecular formula is C11H24N2S. The van der Waals surface area contributed by atoms with Gasteiger partial charge in [-0.05, 0) is 52.2 Å². The zero-order valence-electron chi connectivity index (χ0n) is 9.75. The van der Waals surface area contributed by atoms with Crippen molar-refractivity contribution >= 4 is 11.8 Å². The molecule has 1 aliphatic heterocycles. The van der Waals surface area contributed by atoms with Crippen LogP contribution in [0.1, 0.15) is 26.2 Å². The summed E-state index contributed by atoms with van der Waals surface area (Å²) in [5.74, 6) is 1.36. The van der Waals surface area contributed by atoms with Gasteiger partial charge in [-0.1, -0.05) is 6.92 Å². The first-order valence-electron chi connectivity index (χ1n) is 5.70. The van der Waals surface area contributed by atoms with E-state index >= 15 is 0 Å². The molecule has 1 saturated heterocycles.